The lowest BCUT2D eigenvalue weighted by atomic mass is 10.1. The number of nitrogens with two attached hydrogens (primary N) is 1. The first-order valence-electron chi connectivity index (χ1n) is 4.64. The van der Waals surface area contributed by atoms with Gasteiger partial charge >= 0.3 is 0 Å². The van der Waals surface area contributed by atoms with Gasteiger partial charge in [-0.3, -0.25) is 4.68 Å². The molecule has 2 heterocycles. The van der Waals surface area contributed by atoms with Crippen molar-refractivity contribution in [3.8, 4) is 0 Å². The van der Waals surface area contributed by atoms with E-state index >= 15 is 0 Å². The van der Waals surface area contributed by atoms with E-state index in [4.69, 9.17) is 10.5 Å². The van der Waals surface area contributed by atoms with Crippen molar-refractivity contribution in [3.63, 3.8) is 0 Å². The highest BCUT2D eigenvalue weighted by Crippen LogP contribution is 2.19. The van der Waals surface area contributed by atoms with E-state index in [0.717, 1.165) is 19.4 Å². The van der Waals surface area contributed by atoms with Gasteiger partial charge in [0.05, 0.1) is 18.9 Å². The molecule has 0 fully saturated rings. The Balaban J connectivity index is 2.36. The molecule has 0 unspecified atom stereocenters. The third kappa shape index (κ3) is 1.47. The minimum absolute atomic E-state index is 0.673. The summed E-state index contributed by atoms with van der Waals surface area (Å²) in [5.74, 6) is 0. The first-order valence-corrected chi connectivity index (χ1v) is 4.64. The maximum Gasteiger partial charge on any atom is 0.0753 e. The lowest BCUT2D eigenvalue weighted by Crippen LogP contribution is -2.12. The Hall–Kier alpha value is -0.870. The molecule has 1 aliphatic heterocycles. The van der Waals surface area contributed by atoms with Crippen LogP contribution in [0.3, 0.4) is 0 Å². The molecule has 0 aliphatic carbocycles. The molecule has 0 aromatic carbocycles. The standard InChI is InChI=1S/C9H15N3O/c1-12-9(2-4-10)7-6-13-5-3-8(7)11-12/h2-6,10H2,1H3. The van der Waals surface area contributed by atoms with Crippen molar-refractivity contribution < 1.29 is 4.74 Å². The maximum absolute atomic E-state index is 5.54. The Labute approximate surface area is 77.7 Å². The molecule has 0 atom stereocenters. The van der Waals surface area contributed by atoms with Crippen molar-refractivity contribution in [2.24, 2.45) is 12.8 Å². The van der Waals surface area contributed by atoms with Crippen LogP contribution in [0.5, 0.6) is 0 Å². The van der Waals surface area contributed by atoms with Gasteiger partial charge in [-0.1, -0.05) is 0 Å². The number of ether oxygens (including phenoxy) is 1. The summed E-state index contributed by atoms with van der Waals surface area (Å²) in [6, 6.07) is 0. The quantitative estimate of drug-likeness (QED) is 0.698. The van der Waals surface area contributed by atoms with Gasteiger partial charge in [-0.15, -0.1) is 0 Å². The largest absolute Gasteiger partial charge is 0.376 e. The number of rotatable bonds is 2. The molecule has 2 rings (SSSR count). The van der Waals surface area contributed by atoms with Gasteiger partial charge in [-0.2, -0.15) is 5.10 Å². The second-order valence-electron chi connectivity index (χ2n) is 3.34. The molecule has 2 N–H and O–H groups in total. The SMILES string of the molecule is Cn1nc2c(c1CCN)COCC2. The first kappa shape index (κ1) is 8.72. The van der Waals surface area contributed by atoms with Gasteiger partial charge in [0.15, 0.2) is 0 Å². The molecule has 1 aromatic rings. The van der Waals surface area contributed by atoms with Crippen molar-refractivity contribution in [1.29, 1.82) is 0 Å². The third-order valence-corrected chi connectivity index (χ3v) is 2.47. The molecular weight excluding hydrogens is 166 g/mol. The van der Waals surface area contributed by atoms with Crippen molar-refractivity contribution in [2.45, 2.75) is 19.4 Å². The number of aryl methyl sites for hydroxylation is 1. The van der Waals surface area contributed by atoms with Crippen LogP contribution in [-0.4, -0.2) is 22.9 Å². The minimum atomic E-state index is 0.673. The van der Waals surface area contributed by atoms with E-state index in [2.05, 4.69) is 5.10 Å². The van der Waals surface area contributed by atoms with Crippen LogP contribution in [0.25, 0.3) is 0 Å². The Morgan fingerprint density at radius 1 is 1.62 bits per heavy atom. The average molecular weight is 181 g/mol. The van der Waals surface area contributed by atoms with Gasteiger partial charge in [0.2, 0.25) is 0 Å². The summed E-state index contributed by atoms with van der Waals surface area (Å²) < 4.78 is 7.34. The predicted octanol–water partition coefficient (Wildman–Crippen LogP) is -0.00600. The van der Waals surface area contributed by atoms with E-state index in [1.807, 2.05) is 11.7 Å². The van der Waals surface area contributed by atoms with Crippen LogP contribution in [0, 0.1) is 0 Å². The Morgan fingerprint density at radius 2 is 2.46 bits per heavy atom. The second kappa shape index (κ2) is 3.47. The number of nitrogens with zero attached hydrogens (tertiary/aromatic N) is 2. The summed E-state index contributed by atoms with van der Waals surface area (Å²) in [5.41, 5.74) is 9.23. The number of aromatic nitrogens is 2. The van der Waals surface area contributed by atoms with E-state index in [-0.39, 0.29) is 0 Å². The molecule has 0 radical (unpaired) electrons. The van der Waals surface area contributed by atoms with Crippen LogP contribution in [0.1, 0.15) is 17.0 Å². The van der Waals surface area contributed by atoms with E-state index in [0.29, 0.717) is 13.2 Å². The topological polar surface area (TPSA) is 53.1 Å². The number of hydrogen-bond donors (Lipinski definition) is 1. The fourth-order valence-corrected chi connectivity index (χ4v) is 1.82. The fourth-order valence-electron chi connectivity index (χ4n) is 1.82. The van der Waals surface area contributed by atoms with Gasteiger partial charge in [0, 0.05) is 31.1 Å². The summed E-state index contributed by atoms with van der Waals surface area (Å²) >= 11 is 0. The average Bonchev–Trinajstić information content (AvgIpc) is 2.44. The number of hydrogen-bond acceptors (Lipinski definition) is 3. The van der Waals surface area contributed by atoms with Crippen molar-refractivity contribution >= 4 is 0 Å². The molecule has 4 heteroatoms. The first-order chi connectivity index (χ1) is 6.33. The van der Waals surface area contributed by atoms with Gasteiger partial charge in [0.1, 0.15) is 0 Å². The normalized spacial score (nSPS) is 15.8. The summed E-state index contributed by atoms with van der Waals surface area (Å²) in [7, 11) is 1.98. The zero-order valence-corrected chi connectivity index (χ0v) is 7.92. The fraction of sp³-hybridized carbons (Fsp3) is 0.667. The monoisotopic (exact) mass is 181 g/mol. The van der Waals surface area contributed by atoms with Crippen LogP contribution < -0.4 is 5.73 Å². The van der Waals surface area contributed by atoms with Crippen LogP contribution in [-0.2, 0) is 31.2 Å². The van der Waals surface area contributed by atoms with Crippen LogP contribution in [0.4, 0.5) is 0 Å². The highest BCUT2D eigenvalue weighted by Gasteiger charge is 2.18. The van der Waals surface area contributed by atoms with E-state index in [1.54, 1.807) is 0 Å². The Kier molecular flexibility index (Phi) is 2.33. The summed E-state index contributed by atoms with van der Waals surface area (Å²) in [5, 5.41) is 4.45. The molecule has 0 spiro atoms. The predicted molar refractivity (Wildman–Crippen MR) is 49.3 cm³/mol. The molecule has 13 heavy (non-hydrogen) atoms. The van der Waals surface area contributed by atoms with Crippen LogP contribution >= 0.6 is 0 Å². The van der Waals surface area contributed by atoms with E-state index in [1.165, 1.54) is 17.0 Å². The Morgan fingerprint density at radius 3 is 3.23 bits per heavy atom. The van der Waals surface area contributed by atoms with E-state index in [9.17, 15) is 0 Å². The maximum atomic E-state index is 5.54. The molecule has 0 saturated heterocycles. The highest BCUT2D eigenvalue weighted by molar-refractivity contribution is 5.27. The minimum Gasteiger partial charge on any atom is -0.376 e. The van der Waals surface area contributed by atoms with Crippen LogP contribution in [0.15, 0.2) is 0 Å². The summed E-state index contributed by atoms with van der Waals surface area (Å²) in [6.45, 7) is 2.18. The number of fused-ring (bicyclic) bond motifs is 1. The molecule has 0 amide bonds. The molecule has 4 nitrogen and oxygen atoms in total. The van der Waals surface area contributed by atoms with Gasteiger partial charge < -0.3 is 10.5 Å². The summed E-state index contributed by atoms with van der Waals surface area (Å²) in [4.78, 5) is 0. The lowest BCUT2D eigenvalue weighted by Gasteiger charge is -2.11. The highest BCUT2D eigenvalue weighted by atomic mass is 16.5. The second-order valence-corrected chi connectivity index (χ2v) is 3.34. The molecule has 1 aliphatic rings. The molecule has 1 aromatic heterocycles. The molecule has 0 bridgehead atoms. The van der Waals surface area contributed by atoms with Gasteiger partial charge in [-0.05, 0) is 6.54 Å². The van der Waals surface area contributed by atoms with Crippen molar-refractivity contribution in [2.75, 3.05) is 13.2 Å². The van der Waals surface area contributed by atoms with Crippen molar-refractivity contribution in [3.05, 3.63) is 17.0 Å². The third-order valence-electron chi connectivity index (χ3n) is 2.47. The zero-order chi connectivity index (χ0) is 9.26. The van der Waals surface area contributed by atoms with Crippen LogP contribution in [0.2, 0.25) is 0 Å². The molecular formula is C9H15N3O. The van der Waals surface area contributed by atoms with Gasteiger partial charge in [0.25, 0.3) is 0 Å². The Bertz CT molecular complexity index is 306. The summed E-state index contributed by atoms with van der Waals surface area (Å²) in [6.07, 6.45) is 1.83. The zero-order valence-electron chi connectivity index (χ0n) is 7.92. The van der Waals surface area contributed by atoms with Crippen molar-refractivity contribution in [1.82, 2.24) is 9.78 Å². The van der Waals surface area contributed by atoms with Gasteiger partial charge in [-0.25, -0.2) is 0 Å². The molecule has 0 saturated carbocycles. The smallest absolute Gasteiger partial charge is 0.0753 e. The van der Waals surface area contributed by atoms with E-state index < -0.39 is 0 Å². The molecule has 72 valence electrons. The lowest BCUT2D eigenvalue weighted by molar-refractivity contribution is 0.109.